The average molecular weight is 178 g/mol. The van der Waals surface area contributed by atoms with Gasteiger partial charge in [-0.2, -0.15) is 0 Å². The van der Waals surface area contributed by atoms with Crippen molar-refractivity contribution >= 4 is 6.41 Å². The van der Waals surface area contributed by atoms with Crippen LogP contribution in [0.4, 0.5) is 0 Å². The molecule has 13 heavy (non-hydrogen) atoms. The van der Waals surface area contributed by atoms with Crippen molar-refractivity contribution in [3.63, 3.8) is 0 Å². The monoisotopic (exact) mass is 178 g/mol. The standard InChI is InChI=1S/C10H14N2O/c11-6-5-9-1-3-10(4-2-9)7-12-8-13/h1-4,8H,5-7,11H2,(H,12,13). The van der Waals surface area contributed by atoms with E-state index in [1.807, 2.05) is 24.3 Å². The van der Waals surface area contributed by atoms with E-state index < -0.39 is 0 Å². The molecule has 0 aliphatic rings. The second-order valence-corrected chi connectivity index (χ2v) is 2.85. The Hall–Kier alpha value is -1.35. The Kier molecular flexibility index (Phi) is 3.99. The van der Waals surface area contributed by atoms with Crippen LogP contribution in [0.2, 0.25) is 0 Å². The molecular formula is C10H14N2O. The Morgan fingerprint density at radius 2 is 1.85 bits per heavy atom. The summed E-state index contributed by atoms with van der Waals surface area (Å²) in [7, 11) is 0. The fourth-order valence-electron chi connectivity index (χ4n) is 1.15. The van der Waals surface area contributed by atoms with E-state index in [4.69, 9.17) is 5.73 Å². The maximum absolute atomic E-state index is 10.0. The van der Waals surface area contributed by atoms with Crippen molar-refractivity contribution in [2.24, 2.45) is 5.73 Å². The van der Waals surface area contributed by atoms with Gasteiger partial charge in [-0.25, -0.2) is 0 Å². The van der Waals surface area contributed by atoms with Crippen LogP contribution in [0.25, 0.3) is 0 Å². The lowest BCUT2D eigenvalue weighted by atomic mass is 10.1. The van der Waals surface area contributed by atoms with Crippen LogP contribution in [0.3, 0.4) is 0 Å². The molecule has 1 rings (SSSR count). The molecule has 0 bridgehead atoms. The summed E-state index contributed by atoms with van der Waals surface area (Å²) in [5.41, 5.74) is 7.76. The highest BCUT2D eigenvalue weighted by Crippen LogP contribution is 2.04. The van der Waals surface area contributed by atoms with Gasteiger partial charge in [0, 0.05) is 6.54 Å². The molecule has 1 amide bonds. The van der Waals surface area contributed by atoms with Gasteiger partial charge in [0.05, 0.1) is 0 Å². The molecule has 0 unspecified atom stereocenters. The molecule has 0 aliphatic heterocycles. The first-order valence-electron chi connectivity index (χ1n) is 4.31. The van der Waals surface area contributed by atoms with Crippen LogP contribution < -0.4 is 11.1 Å². The summed E-state index contributed by atoms with van der Waals surface area (Å²) in [5.74, 6) is 0. The van der Waals surface area contributed by atoms with E-state index in [1.54, 1.807) is 0 Å². The minimum Gasteiger partial charge on any atom is -0.355 e. The molecule has 1 aromatic rings. The van der Waals surface area contributed by atoms with E-state index in [2.05, 4.69) is 5.32 Å². The second-order valence-electron chi connectivity index (χ2n) is 2.85. The van der Waals surface area contributed by atoms with E-state index in [-0.39, 0.29) is 0 Å². The third kappa shape index (κ3) is 3.25. The molecule has 0 aliphatic carbocycles. The maximum atomic E-state index is 10.0. The van der Waals surface area contributed by atoms with E-state index in [0.29, 0.717) is 19.5 Å². The van der Waals surface area contributed by atoms with Crippen LogP contribution in [0.15, 0.2) is 24.3 Å². The second kappa shape index (κ2) is 5.32. The summed E-state index contributed by atoms with van der Waals surface area (Å²) in [6, 6.07) is 8.08. The lowest BCUT2D eigenvalue weighted by Crippen LogP contribution is -2.09. The number of hydrogen-bond donors (Lipinski definition) is 2. The third-order valence-electron chi connectivity index (χ3n) is 1.85. The largest absolute Gasteiger partial charge is 0.355 e. The molecule has 3 nitrogen and oxygen atoms in total. The molecular weight excluding hydrogens is 164 g/mol. The zero-order valence-corrected chi connectivity index (χ0v) is 7.49. The minimum atomic E-state index is 0.590. The van der Waals surface area contributed by atoms with E-state index >= 15 is 0 Å². The third-order valence-corrected chi connectivity index (χ3v) is 1.85. The van der Waals surface area contributed by atoms with Crippen LogP contribution in [-0.2, 0) is 17.8 Å². The molecule has 0 radical (unpaired) electrons. The minimum absolute atomic E-state index is 0.590. The number of rotatable bonds is 5. The van der Waals surface area contributed by atoms with Crippen molar-refractivity contribution in [3.8, 4) is 0 Å². The normalized spacial score (nSPS) is 9.62. The quantitative estimate of drug-likeness (QED) is 0.642. The molecule has 3 N–H and O–H groups in total. The van der Waals surface area contributed by atoms with Gasteiger partial charge in [-0.05, 0) is 24.1 Å². The van der Waals surface area contributed by atoms with E-state index in [0.717, 1.165) is 12.0 Å². The molecule has 1 aromatic carbocycles. The van der Waals surface area contributed by atoms with Crippen molar-refractivity contribution in [1.82, 2.24) is 5.32 Å². The van der Waals surface area contributed by atoms with Gasteiger partial charge >= 0.3 is 0 Å². The summed E-state index contributed by atoms with van der Waals surface area (Å²) in [4.78, 5) is 10.0. The average Bonchev–Trinajstić information content (AvgIpc) is 2.17. The van der Waals surface area contributed by atoms with E-state index in [9.17, 15) is 4.79 Å². The first kappa shape index (κ1) is 9.74. The predicted molar refractivity (Wildman–Crippen MR) is 52.1 cm³/mol. The van der Waals surface area contributed by atoms with E-state index in [1.165, 1.54) is 5.56 Å². The highest BCUT2D eigenvalue weighted by atomic mass is 16.1. The van der Waals surface area contributed by atoms with Gasteiger partial charge < -0.3 is 11.1 Å². The molecule has 0 atom stereocenters. The van der Waals surface area contributed by atoms with Gasteiger partial charge in [-0.1, -0.05) is 24.3 Å². The van der Waals surface area contributed by atoms with Crippen molar-refractivity contribution in [1.29, 1.82) is 0 Å². The summed E-state index contributed by atoms with van der Waals surface area (Å²) in [5, 5.41) is 2.61. The summed E-state index contributed by atoms with van der Waals surface area (Å²) >= 11 is 0. The van der Waals surface area contributed by atoms with Crippen molar-refractivity contribution < 1.29 is 4.79 Å². The molecule has 0 aromatic heterocycles. The molecule has 0 saturated carbocycles. The van der Waals surface area contributed by atoms with Crippen molar-refractivity contribution in [2.75, 3.05) is 6.54 Å². The summed E-state index contributed by atoms with van der Waals surface area (Å²) < 4.78 is 0. The highest BCUT2D eigenvalue weighted by molar-refractivity contribution is 5.46. The number of benzene rings is 1. The molecule has 3 heteroatoms. The SMILES string of the molecule is NCCc1ccc(CNC=O)cc1. The number of amides is 1. The molecule has 0 fully saturated rings. The fraction of sp³-hybridized carbons (Fsp3) is 0.300. The molecule has 0 heterocycles. The molecule has 0 spiro atoms. The number of hydrogen-bond acceptors (Lipinski definition) is 2. The fourth-order valence-corrected chi connectivity index (χ4v) is 1.15. The van der Waals surface area contributed by atoms with Crippen LogP contribution in [0, 0.1) is 0 Å². The number of nitrogens with two attached hydrogens (primary N) is 1. The smallest absolute Gasteiger partial charge is 0.207 e. The Morgan fingerprint density at radius 3 is 2.38 bits per heavy atom. The van der Waals surface area contributed by atoms with Gasteiger partial charge in [0.2, 0.25) is 6.41 Å². The Labute approximate surface area is 77.9 Å². The van der Waals surface area contributed by atoms with Gasteiger partial charge in [-0.3, -0.25) is 4.79 Å². The summed E-state index contributed by atoms with van der Waals surface area (Å²) in [6.07, 6.45) is 1.61. The Morgan fingerprint density at radius 1 is 1.23 bits per heavy atom. The first-order chi connectivity index (χ1) is 6.36. The molecule has 70 valence electrons. The Bertz CT molecular complexity index is 256. The first-order valence-corrected chi connectivity index (χ1v) is 4.31. The van der Waals surface area contributed by atoms with Crippen LogP contribution in [0.1, 0.15) is 11.1 Å². The van der Waals surface area contributed by atoms with Gasteiger partial charge in [0.15, 0.2) is 0 Å². The van der Waals surface area contributed by atoms with Crippen LogP contribution in [-0.4, -0.2) is 13.0 Å². The van der Waals surface area contributed by atoms with Gasteiger partial charge in [-0.15, -0.1) is 0 Å². The predicted octanol–water partition coefficient (Wildman–Crippen LogP) is 0.434. The topological polar surface area (TPSA) is 55.1 Å². The van der Waals surface area contributed by atoms with Crippen molar-refractivity contribution in [3.05, 3.63) is 35.4 Å². The van der Waals surface area contributed by atoms with Gasteiger partial charge in [0.25, 0.3) is 0 Å². The zero-order chi connectivity index (χ0) is 9.52. The van der Waals surface area contributed by atoms with Gasteiger partial charge in [0.1, 0.15) is 0 Å². The lowest BCUT2D eigenvalue weighted by molar-refractivity contribution is -0.109. The zero-order valence-electron chi connectivity index (χ0n) is 7.49. The number of carbonyl (C=O) groups excluding carboxylic acids is 1. The number of carbonyl (C=O) groups is 1. The van der Waals surface area contributed by atoms with Crippen molar-refractivity contribution in [2.45, 2.75) is 13.0 Å². The van der Waals surface area contributed by atoms with Crippen LogP contribution >= 0.6 is 0 Å². The van der Waals surface area contributed by atoms with Crippen LogP contribution in [0.5, 0.6) is 0 Å². The Balaban J connectivity index is 2.53. The number of nitrogens with one attached hydrogen (secondary N) is 1. The lowest BCUT2D eigenvalue weighted by Gasteiger charge is -2.01. The highest BCUT2D eigenvalue weighted by Gasteiger charge is 1.92. The molecule has 0 saturated heterocycles. The summed E-state index contributed by atoms with van der Waals surface area (Å²) in [6.45, 7) is 1.26. The maximum Gasteiger partial charge on any atom is 0.207 e.